The molecule has 0 fully saturated rings. The minimum absolute atomic E-state index is 0.0532. The van der Waals surface area contributed by atoms with Crippen molar-refractivity contribution in [3.63, 3.8) is 0 Å². The van der Waals surface area contributed by atoms with Crippen molar-refractivity contribution in [1.29, 1.82) is 0 Å². The van der Waals surface area contributed by atoms with Gasteiger partial charge in [-0.3, -0.25) is 0 Å². The highest BCUT2D eigenvalue weighted by Gasteiger charge is 2.33. The predicted molar refractivity (Wildman–Crippen MR) is 91.3 cm³/mol. The maximum Gasteiger partial charge on any atom is 0.0246 e. The first kappa shape index (κ1) is 24.0. The van der Waals surface area contributed by atoms with Gasteiger partial charge in [0.15, 0.2) is 0 Å². The Morgan fingerprint density at radius 3 is 0.684 bits per heavy atom. The second-order valence-corrected chi connectivity index (χ2v) is 8.78. The first-order chi connectivity index (χ1) is 8.07. The maximum atomic E-state index is 6.06. The highest BCUT2D eigenvalue weighted by atomic mass is 14.8. The first-order valence-electron chi connectivity index (χ1n) is 7.58. The molecule has 0 saturated carbocycles. The fourth-order valence-corrected chi connectivity index (χ4v) is 1.08. The van der Waals surface area contributed by atoms with E-state index in [0.29, 0.717) is 5.41 Å². The molecular weight excluding hydrogens is 232 g/mol. The zero-order valence-electron chi connectivity index (χ0n) is 15.8. The Labute approximate surface area is 123 Å². The Morgan fingerprint density at radius 2 is 0.632 bits per heavy atom. The molecule has 0 heterocycles. The molecule has 0 bridgehead atoms. The van der Waals surface area contributed by atoms with E-state index in [1.54, 1.807) is 0 Å². The van der Waals surface area contributed by atoms with E-state index in [-0.39, 0.29) is 22.9 Å². The van der Waals surface area contributed by atoms with Crippen LogP contribution in [0.25, 0.3) is 0 Å². The van der Waals surface area contributed by atoms with Crippen LogP contribution < -0.4 is 11.5 Å². The van der Waals surface area contributed by atoms with Crippen LogP contribution in [0.3, 0.4) is 0 Å². The molecule has 2 heteroatoms. The van der Waals surface area contributed by atoms with Crippen molar-refractivity contribution in [2.45, 2.75) is 95.2 Å². The van der Waals surface area contributed by atoms with Gasteiger partial charge in [-0.1, -0.05) is 83.1 Å². The van der Waals surface area contributed by atoms with E-state index in [1.807, 2.05) is 13.8 Å². The summed E-state index contributed by atoms with van der Waals surface area (Å²) < 4.78 is 0. The Kier molecular flexibility index (Phi) is 11.3. The van der Waals surface area contributed by atoms with Gasteiger partial charge in [-0.25, -0.2) is 0 Å². The molecule has 0 aromatic heterocycles. The van der Waals surface area contributed by atoms with E-state index in [4.69, 9.17) is 11.5 Å². The third kappa shape index (κ3) is 17.9. The molecule has 0 aromatic carbocycles. The highest BCUT2D eigenvalue weighted by molar-refractivity contribution is 4.92. The topological polar surface area (TPSA) is 52.0 Å². The second kappa shape index (κ2) is 8.97. The summed E-state index contributed by atoms with van der Waals surface area (Å²) in [6.07, 6.45) is 0. The van der Waals surface area contributed by atoms with Crippen LogP contribution in [-0.4, -0.2) is 12.1 Å². The lowest BCUT2D eigenvalue weighted by Gasteiger charge is -2.39. The zero-order chi connectivity index (χ0) is 16.7. The largest absolute Gasteiger partial charge is 0.326 e. The fourth-order valence-electron chi connectivity index (χ4n) is 1.08. The molecule has 2 atom stereocenters. The molecule has 0 aliphatic carbocycles. The van der Waals surface area contributed by atoms with Crippen molar-refractivity contribution in [3.8, 4) is 0 Å². The molecule has 0 radical (unpaired) electrons. The third-order valence-corrected chi connectivity index (χ3v) is 2.39. The Balaban J connectivity index is -0.000000307. The van der Waals surface area contributed by atoms with Crippen molar-refractivity contribution in [3.05, 3.63) is 0 Å². The minimum Gasteiger partial charge on any atom is -0.326 e. The molecule has 0 amide bonds. The molecule has 2 nitrogen and oxygen atoms in total. The minimum atomic E-state index is 0.0532. The second-order valence-electron chi connectivity index (χ2n) is 8.78. The average molecular weight is 275 g/mol. The van der Waals surface area contributed by atoms with E-state index in [1.165, 1.54) is 0 Å². The lowest BCUT2D eigenvalue weighted by molar-refractivity contribution is 0.192. The molecule has 0 aliphatic rings. The van der Waals surface area contributed by atoms with Crippen LogP contribution in [0, 0.1) is 16.2 Å². The van der Waals surface area contributed by atoms with Crippen molar-refractivity contribution in [1.82, 2.24) is 0 Å². The molecule has 0 spiro atoms. The van der Waals surface area contributed by atoms with Gasteiger partial charge in [-0.15, -0.1) is 0 Å². The van der Waals surface area contributed by atoms with E-state index in [2.05, 4.69) is 69.2 Å². The molecule has 0 aliphatic heterocycles. The van der Waals surface area contributed by atoms with Crippen LogP contribution in [0.1, 0.15) is 83.1 Å². The summed E-state index contributed by atoms with van der Waals surface area (Å²) in [7, 11) is 0. The Morgan fingerprint density at radius 1 is 0.526 bits per heavy atom. The number of rotatable bonds is 1. The highest BCUT2D eigenvalue weighted by Crippen LogP contribution is 2.28. The molecule has 4 N–H and O–H groups in total. The smallest absolute Gasteiger partial charge is 0.0246 e. The zero-order valence-corrected chi connectivity index (χ0v) is 15.8. The molecule has 0 saturated heterocycles. The van der Waals surface area contributed by atoms with Gasteiger partial charge in [0.05, 0.1) is 0 Å². The van der Waals surface area contributed by atoms with Crippen LogP contribution in [0.2, 0.25) is 0 Å². The van der Waals surface area contributed by atoms with E-state index in [9.17, 15) is 0 Å². The summed E-state index contributed by atoms with van der Waals surface area (Å²) >= 11 is 0. The van der Waals surface area contributed by atoms with E-state index >= 15 is 0 Å². The normalized spacial score (nSPS) is 15.5. The standard InChI is InChI=1S/C10H24N2.C5H12.C2H6/c1-9(2,3)7(11)8(12)10(4,5)6;1-5(2,3)4;1-2/h7-8H,11-12H2,1-6H3;1-4H3;1-2H3. The Bertz CT molecular complexity index is 177. The van der Waals surface area contributed by atoms with Crippen LogP contribution in [0.4, 0.5) is 0 Å². The predicted octanol–water partition coefficient (Wildman–Crippen LogP) is 4.81. The Hall–Kier alpha value is -0.0800. The van der Waals surface area contributed by atoms with Gasteiger partial charge in [-0.2, -0.15) is 0 Å². The first-order valence-corrected chi connectivity index (χ1v) is 7.58. The molecule has 0 rings (SSSR count). The van der Waals surface area contributed by atoms with Gasteiger partial charge in [0, 0.05) is 12.1 Å². The van der Waals surface area contributed by atoms with E-state index in [0.717, 1.165) is 0 Å². The van der Waals surface area contributed by atoms with Gasteiger partial charge < -0.3 is 11.5 Å². The number of hydrogen-bond acceptors (Lipinski definition) is 2. The monoisotopic (exact) mass is 274 g/mol. The fraction of sp³-hybridized carbons (Fsp3) is 1.00. The van der Waals surface area contributed by atoms with Crippen molar-refractivity contribution < 1.29 is 0 Å². The molecule has 2 unspecified atom stereocenters. The number of nitrogens with two attached hydrogens (primary N) is 2. The number of hydrogen-bond donors (Lipinski definition) is 2. The van der Waals surface area contributed by atoms with Gasteiger partial charge in [0.1, 0.15) is 0 Å². The van der Waals surface area contributed by atoms with Crippen LogP contribution in [0.15, 0.2) is 0 Å². The lowest BCUT2D eigenvalue weighted by Crippen LogP contribution is -2.55. The van der Waals surface area contributed by atoms with Gasteiger partial charge in [0.2, 0.25) is 0 Å². The summed E-state index contributed by atoms with van der Waals surface area (Å²) in [4.78, 5) is 0. The SMILES string of the molecule is CC.CC(C)(C)C.CC(C)(C)C(N)C(N)C(C)(C)C. The quantitative estimate of drug-likeness (QED) is 0.721. The summed E-state index contributed by atoms with van der Waals surface area (Å²) in [5.74, 6) is 0. The maximum absolute atomic E-state index is 6.06. The van der Waals surface area contributed by atoms with Gasteiger partial charge in [-0.05, 0) is 16.2 Å². The van der Waals surface area contributed by atoms with Crippen molar-refractivity contribution in [2.24, 2.45) is 27.7 Å². The van der Waals surface area contributed by atoms with Crippen molar-refractivity contribution in [2.75, 3.05) is 0 Å². The summed E-state index contributed by atoms with van der Waals surface area (Å²) in [6.45, 7) is 25.5. The summed E-state index contributed by atoms with van der Waals surface area (Å²) in [6, 6.07) is 0.106. The molecule has 120 valence electrons. The van der Waals surface area contributed by atoms with E-state index < -0.39 is 0 Å². The summed E-state index contributed by atoms with van der Waals surface area (Å²) in [5, 5.41) is 0. The summed E-state index contributed by atoms with van der Waals surface area (Å²) in [5.41, 5.74) is 12.8. The van der Waals surface area contributed by atoms with Crippen molar-refractivity contribution >= 4 is 0 Å². The molecule has 19 heavy (non-hydrogen) atoms. The van der Waals surface area contributed by atoms with Crippen LogP contribution >= 0.6 is 0 Å². The van der Waals surface area contributed by atoms with Gasteiger partial charge >= 0.3 is 0 Å². The van der Waals surface area contributed by atoms with Crippen LogP contribution in [-0.2, 0) is 0 Å². The van der Waals surface area contributed by atoms with Crippen LogP contribution in [0.5, 0.6) is 0 Å². The lowest BCUT2D eigenvalue weighted by atomic mass is 9.74. The van der Waals surface area contributed by atoms with Gasteiger partial charge in [0.25, 0.3) is 0 Å². The third-order valence-electron chi connectivity index (χ3n) is 2.39. The average Bonchev–Trinajstić information content (AvgIpc) is 2.13. The molecule has 0 aromatic rings. The molecular formula is C17H42N2.